The molecule has 0 saturated heterocycles. The number of hydrogen-bond donors (Lipinski definition) is 3. The summed E-state index contributed by atoms with van der Waals surface area (Å²) in [5, 5.41) is 6.50. The average molecular weight is 432 g/mol. The van der Waals surface area contributed by atoms with Gasteiger partial charge in [-0.25, -0.2) is 4.79 Å². The molecule has 0 aliphatic heterocycles. The number of nitrogens with one attached hydrogen (secondary N) is 2. The minimum absolute atomic E-state index is 0.204. The maximum atomic E-state index is 12.8. The first-order chi connectivity index (χ1) is 14.0. The third-order valence-corrected chi connectivity index (χ3v) is 4.49. The van der Waals surface area contributed by atoms with E-state index in [1.807, 2.05) is 32.0 Å². The van der Waals surface area contributed by atoms with E-state index in [1.54, 1.807) is 45.0 Å². The fourth-order valence-electron chi connectivity index (χ4n) is 2.83. The van der Waals surface area contributed by atoms with Gasteiger partial charge in [0.2, 0.25) is 0 Å². The molecule has 7 heteroatoms. The second kappa shape index (κ2) is 9.85. The zero-order chi connectivity index (χ0) is 22.5. The summed E-state index contributed by atoms with van der Waals surface area (Å²) in [6.07, 6.45) is 0.474. The van der Waals surface area contributed by atoms with E-state index >= 15 is 0 Å². The number of nitrogen functional groups attached to an aromatic ring is 1. The van der Waals surface area contributed by atoms with Gasteiger partial charge in [0.15, 0.2) is 0 Å². The van der Waals surface area contributed by atoms with E-state index in [0.717, 1.165) is 0 Å². The molecule has 0 aliphatic rings. The van der Waals surface area contributed by atoms with Crippen LogP contribution in [0.25, 0.3) is 0 Å². The van der Waals surface area contributed by atoms with Crippen molar-refractivity contribution >= 4 is 40.5 Å². The first-order valence-electron chi connectivity index (χ1n) is 9.91. The quantitative estimate of drug-likeness (QED) is 0.416. The molecule has 0 spiro atoms. The maximum Gasteiger partial charge on any atom is 0.329 e. The van der Waals surface area contributed by atoms with E-state index in [9.17, 15) is 9.59 Å². The lowest BCUT2D eigenvalue weighted by atomic mass is 10.0. The van der Waals surface area contributed by atoms with Gasteiger partial charge in [-0.1, -0.05) is 37.6 Å². The van der Waals surface area contributed by atoms with Crippen LogP contribution in [0.2, 0.25) is 5.02 Å². The number of halogens is 1. The third kappa shape index (κ3) is 6.95. The standard InChI is InChI=1S/C23H30ClN3O3/c1-14(2)12-20(22(29)30-23(3,4)5)27-21(28)15-10-11-19(17(25)13-15)26-18-9-7-6-8-16(18)24/h6-11,13-14,20,26H,12,25H2,1-5H3,(H,27,28). The molecule has 1 unspecified atom stereocenters. The molecular formula is C23H30ClN3O3. The highest BCUT2D eigenvalue weighted by Crippen LogP contribution is 2.28. The SMILES string of the molecule is CC(C)CC(NC(=O)c1ccc(Nc2ccccc2Cl)c(N)c1)C(=O)OC(C)(C)C. The van der Waals surface area contributed by atoms with Gasteiger partial charge in [-0.05, 0) is 63.4 Å². The van der Waals surface area contributed by atoms with Crippen LogP contribution in [-0.2, 0) is 9.53 Å². The lowest BCUT2D eigenvalue weighted by molar-refractivity contribution is -0.157. The van der Waals surface area contributed by atoms with E-state index < -0.39 is 17.6 Å². The van der Waals surface area contributed by atoms with Crippen molar-refractivity contribution in [2.24, 2.45) is 5.92 Å². The lowest BCUT2D eigenvalue weighted by Gasteiger charge is -2.25. The van der Waals surface area contributed by atoms with Crippen molar-refractivity contribution in [1.29, 1.82) is 0 Å². The number of amides is 1. The molecule has 162 valence electrons. The number of benzene rings is 2. The van der Waals surface area contributed by atoms with Crippen molar-refractivity contribution in [3.63, 3.8) is 0 Å². The van der Waals surface area contributed by atoms with Crippen molar-refractivity contribution in [2.45, 2.75) is 52.7 Å². The van der Waals surface area contributed by atoms with Crippen LogP contribution >= 0.6 is 11.6 Å². The molecule has 0 radical (unpaired) electrons. The van der Waals surface area contributed by atoms with Gasteiger partial charge in [0.1, 0.15) is 11.6 Å². The van der Waals surface area contributed by atoms with Crippen LogP contribution in [0.1, 0.15) is 51.4 Å². The van der Waals surface area contributed by atoms with Gasteiger partial charge in [-0.15, -0.1) is 0 Å². The van der Waals surface area contributed by atoms with Crippen LogP contribution in [-0.4, -0.2) is 23.5 Å². The molecular weight excluding hydrogens is 402 g/mol. The normalized spacial score (nSPS) is 12.4. The van der Waals surface area contributed by atoms with Crippen molar-refractivity contribution in [3.05, 3.63) is 53.1 Å². The molecule has 6 nitrogen and oxygen atoms in total. The Morgan fingerprint density at radius 2 is 1.77 bits per heavy atom. The summed E-state index contributed by atoms with van der Waals surface area (Å²) in [7, 11) is 0. The highest BCUT2D eigenvalue weighted by molar-refractivity contribution is 6.33. The summed E-state index contributed by atoms with van der Waals surface area (Å²) in [6, 6.07) is 11.5. The van der Waals surface area contributed by atoms with Crippen molar-refractivity contribution in [3.8, 4) is 0 Å². The summed E-state index contributed by atoms with van der Waals surface area (Å²) >= 11 is 6.17. The first kappa shape index (κ1) is 23.5. The summed E-state index contributed by atoms with van der Waals surface area (Å²) in [5.41, 5.74) is 7.59. The second-order valence-electron chi connectivity index (χ2n) is 8.60. The Labute approximate surface area is 183 Å². The van der Waals surface area contributed by atoms with E-state index in [1.165, 1.54) is 0 Å². The zero-order valence-corrected chi connectivity index (χ0v) is 18.8. The van der Waals surface area contributed by atoms with Gasteiger partial charge in [-0.2, -0.15) is 0 Å². The fourth-order valence-corrected chi connectivity index (χ4v) is 3.01. The number of rotatable bonds is 7. The predicted octanol–water partition coefficient (Wildman–Crippen LogP) is 5.15. The summed E-state index contributed by atoms with van der Waals surface area (Å²) < 4.78 is 5.46. The summed E-state index contributed by atoms with van der Waals surface area (Å²) in [6.45, 7) is 9.35. The number of nitrogens with two attached hydrogens (primary N) is 1. The number of anilines is 3. The van der Waals surface area contributed by atoms with Crippen LogP contribution < -0.4 is 16.4 Å². The number of carbonyl (C=O) groups is 2. The highest BCUT2D eigenvalue weighted by atomic mass is 35.5. The van der Waals surface area contributed by atoms with Crippen LogP contribution in [0.4, 0.5) is 17.1 Å². The lowest BCUT2D eigenvalue weighted by Crippen LogP contribution is -2.44. The number of ether oxygens (including phenoxy) is 1. The molecule has 0 bridgehead atoms. The Morgan fingerprint density at radius 1 is 1.10 bits per heavy atom. The Kier molecular flexibility index (Phi) is 7.73. The minimum atomic E-state index is -0.737. The summed E-state index contributed by atoms with van der Waals surface area (Å²) in [4.78, 5) is 25.3. The topological polar surface area (TPSA) is 93.5 Å². The monoisotopic (exact) mass is 431 g/mol. The van der Waals surface area contributed by atoms with E-state index in [0.29, 0.717) is 34.1 Å². The van der Waals surface area contributed by atoms with Gasteiger partial charge in [-0.3, -0.25) is 4.79 Å². The molecule has 0 saturated carbocycles. The molecule has 30 heavy (non-hydrogen) atoms. The van der Waals surface area contributed by atoms with Crippen molar-refractivity contribution in [1.82, 2.24) is 5.32 Å². The Balaban J connectivity index is 2.15. The molecule has 2 rings (SSSR count). The van der Waals surface area contributed by atoms with Gasteiger partial charge in [0, 0.05) is 5.56 Å². The van der Waals surface area contributed by atoms with Crippen LogP contribution in [0, 0.1) is 5.92 Å². The Bertz CT molecular complexity index is 907. The zero-order valence-electron chi connectivity index (χ0n) is 18.1. The van der Waals surface area contributed by atoms with Crippen LogP contribution in [0.15, 0.2) is 42.5 Å². The van der Waals surface area contributed by atoms with E-state index in [2.05, 4.69) is 10.6 Å². The van der Waals surface area contributed by atoms with E-state index in [-0.39, 0.29) is 11.8 Å². The summed E-state index contributed by atoms with van der Waals surface area (Å²) in [5.74, 6) is -0.632. The number of para-hydroxylation sites is 1. The molecule has 0 heterocycles. The number of esters is 1. The molecule has 1 atom stereocenters. The first-order valence-corrected chi connectivity index (χ1v) is 10.3. The maximum absolute atomic E-state index is 12.8. The molecule has 2 aromatic rings. The van der Waals surface area contributed by atoms with E-state index in [4.69, 9.17) is 22.1 Å². The van der Waals surface area contributed by atoms with Gasteiger partial charge in [0.25, 0.3) is 5.91 Å². The minimum Gasteiger partial charge on any atom is -0.458 e. The molecule has 0 aliphatic carbocycles. The van der Waals surface area contributed by atoms with Gasteiger partial charge in [0.05, 0.1) is 22.1 Å². The number of hydrogen-bond acceptors (Lipinski definition) is 5. The van der Waals surface area contributed by atoms with Gasteiger partial charge >= 0.3 is 5.97 Å². The van der Waals surface area contributed by atoms with Gasteiger partial charge < -0.3 is 21.1 Å². The third-order valence-electron chi connectivity index (χ3n) is 4.16. The van der Waals surface area contributed by atoms with Crippen LogP contribution in [0.5, 0.6) is 0 Å². The van der Waals surface area contributed by atoms with Crippen molar-refractivity contribution in [2.75, 3.05) is 11.1 Å². The molecule has 4 N–H and O–H groups in total. The molecule has 1 amide bonds. The number of carbonyl (C=O) groups excluding carboxylic acids is 2. The largest absolute Gasteiger partial charge is 0.458 e. The second-order valence-corrected chi connectivity index (χ2v) is 9.00. The smallest absolute Gasteiger partial charge is 0.329 e. The Morgan fingerprint density at radius 3 is 2.33 bits per heavy atom. The fraction of sp³-hybridized carbons (Fsp3) is 0.391. The average Bonchev–Trinajstić information content (AvgIpc) is 2.62. The van der Waals surface area contributed by atoms with Crippen LogP contribution in [0.3, 0.4) is 0 Å². The Hall–Kier alpha value is -2.73. The van der Waals surface area contributed by atoms with Crippen molar-refractivity contribution < 1.29 is 14.3 Å². The molecule has 0 aromatic heterocycles. The highest BCUT2D eigenvalue weighted by Gasteiger charge is 2.27. The molecule has 2 aromatic carbocycles. The predicted molar refractivity (Wildman–Crippen MR) is 122 cm³/mol. The molecule has 0 fully saturated rings.